The van der Waals surface area contributed by atoms with Gasteiger partial charge in [0.15, 0.2) is 11.5 Å². The number of methoxy groups -OCH3 is 1. The summed E-state index contributed by atoms with van der Waals surface area (Å²) in [6.45, 7) is 0.314. The SMILES string of the molecule is COc1ccc(C2/C(=C(/O)c3ccc4c(c3)CCCC4)C(=O)C(=O)N2Cc2ccc3c(c2)OCO3)cc1. The van der Waals surface area contributed by atoms with E-state index in [9.17, 15) is 14.7 Å². The minimum Gasteiger partial charge on any atom is -0.507 e. The van der Waals surface area contributed by atoms with Crippen LogP contribution in [-0.2, 0) is 29.0 Å². The minimum absolute atomic E-state index is 0.0895. The number of ether oxygens (including phenoxy) is 3. The Balaban J connectivity index is 1.44. The molecule has 2 heterocycles. The van der Waals surface area contributed by atoms with Crippen LogP contribution in [0, 0.1) is 0 Å². The van der Waals surface area contributed by atoms with Gasteiger partial charge in [-0.1, -0.05) is 30.3 Å². The van der Waals surface area contributed by atoms with Crippen LogP contribution < -0.4 is 14.2 Å². The number of rotatable bonds is 5. The average molecular weight is 498 g/mol. The number of amides is 1. The van der Waals surface area contributed by atoms with Crippen molar-refractivity contribution in [2.24, 2.45) is 0 Å². The zero-order valence-corrected chi connectivity index (χ0v) is 20.5. The molecule has 1 saturated heterocycles. The fourth-order valence-electron chi connectivity index (χ4n) is 5.45. The highest BCUT2D eigenvalue weighted by molar-refractivity contribution is 6.46. The first-order chi connectivity index (χ1) is 18.0. The number of likely N-dealkylation sites (tertiary alicyclic amines) is 1. The van der Waals surface area contributed by atoms with E-state index in [2.05, 4.69) is 0 Å². The van der Waals surface area contributed by atoms with Gasteiger partial charge in [0, 0.05) is 12.1 Å². The zero-order chi connectivity index (χ0) is 25.5. The Morgan fingerprint density at radius 1 is 0.946 bits per heavy atom. The molecule has 188 valence electrons. The van der Waals surface area contributed by atoms with Crippen molar-refractivity contribution in [3.05, 3.63) is 94.1 Å². The number of carbonyl (C=O) groups excluding carboxylic acids is 2. The second-order valence-corrected chi connectivity index (χ2v) is 9.58. The topological polar surface area (TPSA) is 85.3 Å². The Bertz CT molecular complexity index is 1420. The lowest BCUT2D eigenvalue weighted by Crippen LogP contribution is -2.29. The fourth-order valence-corrected chi connectivity index (χ4v) is 5.45. The molecule has 1 unspecified atom stereocenters. The average Bonchev–Trinajstić information content (AvgIpc) is 3.50. The third-order valence-electron chi connectivity index (χ3n) is 7.38. The molecule has 0 aromatic heterocycles. The Kier molecular flexibility index (Phi) is 5.83. The molecule has 0 radical (unpaired) electrons. The predicted molar refractivity (Wildman–Crippen MR) is 136 cm³/mol. The van der Waals surface area contributed by atoms with Gasteiger partial charge in [-0.05, 0) is 78.3 Å². The summed E-state index contributed by atoms with van der Waals surface area (Å²) in [5.74, 6) is 0.399. The van der Waals surface area contributed by atoms with E-state index in [4.69, 9.17) is 14.2 Å². The smallest absolute Gasteiger partial charge is 0.295 e. The number of hydrogen-bond acceptors (Lipinski definition) is 6. The predicted octanol–water partition coefficient (Wildman–Crippen LogP) is 4.92. The van der Waals surface area contributed by atoms with Gasteiger partial charge >= 0.3 is 0 Å². The lowest BCUT2D eigenvalue weighted by molar-refractivity contribution is -0.140. The molecule has 3 aromatic rings. The van der Waals surface area contributed by atoms with Gasteiger partial charge in [0.2, 0.25) is 6.79 Å². The van der Waals surface area contributed by atoms with E-state index in [0.717, 1.165) is 31.2 Å². The second kappa shape index (κ2) is 9.32. The van der Waals surface area contributed by atoms with Crippen LogP contribution in [0.25, 0.3) is 5.76 Å². The van der Waals surface area contributed by atoms with Crippen LogP contribution in [0.1, 0.15) is 46.7 Å². The summed E-state index contributed by atoms with van der Waals surface area (Å²) >= 11 is 0. The molecule has 2 aliphatic heterocycles. The number of benzene rings is 3. The normalized spacial score (nSPS) is 19.7. The quantitative estimate of drug-likeness (QED) is 0.306. The van der Waals surface area contributed by atoms with Gasteiger partial charge in [0.05, 0.1) is 18.7 Å². The summed E-state index contributed by atoms with van der Waals surface area (Å²) in [6.07, 6.45) is 4.21. The van der Waals surface area contributed by atoms with Crippen LogP contribution in [0.15, 0.2) is 66.2 Å². The summed E-state index contributed by atoms with van der Waals surface area (Å²) in [4.78, 5) is 28.3. The Morgan fingerprint density at radius 3 is 2.49 bits per heavy atom. The zero-order valence-electron chi connectivity index (χ0n) is 20.5. The van der Waals surface area contributed by atoms with Crippen molar-refractivity contribution >= 4 is 17.4 Å². The molecule has 7 heteroatoms. The van der Waals surface area contributed by atoms with Gasteiger partial charge in [-0.25, -0.2) is 0 Å². The van der Waals surface area contributed by atoms with E-state index in [1.165, 1.54) is 16.0 Å². The van der Waals surface area contributed by atoms with Crippen molar-refractivity contribution in [2.75, 3.05) is 13.9 Å². The van der Waals surface area contributed by atoms with E-state index < -0.39 is 17.7 Å². The van der Waals surface area contributed by atoms with Crippen LogP contribution in [-0.4, -0.2) is 35.6 Å². The molecule has 1 N–H and O–H groups in total. The maximum absolute atomic E-state index is 13.4. The third kappa shape index (κ3) is 4.10. The van der Waals surface area contributed by atoms with Gasteiger partial charge in [-0.2, -0.15) is 0 Å². The summed E-state index contributed by atoms with van der Waals surface area (Å²) in [5, 5.41) is 11.5. The number of ketones is 1. The standard InChI is InChI=1S/C30H27NO6/c1-35-23-11-9-20(10-12-23)27-26(28(32)22-8-7-19-4-2-3-5-21(19)15-22)29(33)30(34)31(27)16-18-6-13-24-25(14-18)37-17-36-24/h6-15,27,32H,2-5,16-17H2,1H3/b28-26-. The highest BCUT2D eigenvalue weighted by Gasteiger charge is 2.46. The number of aliphatic hydroxyl groups excluding tert-OH is 1. The highest BCUT2D eigenvalue weighted by Crippen LogP contribution is 2.42. The number of aliphatic hydroxyl groups is 1. The monoisotopic (exact) mass is 497 g/mol. The van der Waals surface area contributed by atoms with Crippen molar-refractivity contribution in [3.8, 4) is 17.2 Å². The van der Waals surface area contributed by atoms with Crippen LogP contribution in [0.2, 0.25) is 0 Å². The molecule has 1 aliphatic carbocycles. The molecule has 7 nitrogen and oxygen atoms in total. The molecule has 3 aliphatic rings. The van der Waals surface area contributed by atoms with Crippen LogP contribution >= 0.6 is 0 Å². The van der Waals surface area contributed by atoms with Crippen LogP contribution in [0.3, 0.4) is 0 Å². The maximum Gasteiger partial charge on any atom is 0.295 e. The molecule has 1 atom stereocenters. The maximum atomic E-state index is 13.4. The Hall–Kier alpha value is -4.26. The highest BCUT2D eigenvalue weighted by atomic mass is 16.7. The summed E-state index contributed by atoms with van der Waals surface area (Å²) < 4.78 is 16.2. The molecule has 3 aromatic carbocycles. The Labute approximate surface area is 214 Å². The summed E-state index contributed by atoms with van der Waals surface area (Å²) in [5.41, 5.74) is 4.61. The van der Waals surface area contributed by atoms with Crippen molar-refractivity contribution in [3.63, 3.8) is 0 Å². The van der Waals surface area contributed by atoms with E-state index in [0.29, 0.717) is 28.4 Å². The molecule has 6 rings (SSSR count). The lowest BCUT2D eigenvalue weighted by Gasteiger charge is -2.26. The third-order valence-corrected chi connectivity index (χ3v) is 7.38. The number of aryl methyl sites for hydroxylation is 2. The number of hydrogen-bond donors (Lipinski definition) is 1. The first-order valence-electron chi connectivity index (χ1n) is 12.5. The number of fused-ring (bicyclic) bond motifs is 2. The molecule has 0 spiro atoms. The van der Waals surface area contributed by atoms with Crippen molar-refractivity contribution < 1.29 is 28.9 Å². The minimum atomic E-state index is -0.757. The van der Waals surface area contributed by atoms with Gasteiger partial charge in [-0.3, -0.25) is 9.59 Å². The van der Waals surface area contributed by atoms with Crippen molar-refractivity contribution in [1.29, 1.82) is 0 Å². The largest absolute Gasteiger partial charge is 0.507 e. The summed E-state index contributed by atoms with van der Waals surface area (Å²) in [6, 6.07) is 17.7. The van der Waals surface area contributed by atoms with Crippen LogP contribution in [0.4, 0.5) is 0 Å². The Morgan fingerprint density at radius 2 is 1.70 bits per heavy atom. The molecular formula is C30H27NO6. The second-order valence-electron chi connectivity index (χ2n) is 9.58. The first-order valence-corrected chi connectivity index (χ1v) is 12.5. The fraction of sp³-hybridized carbons (Fsp3) is 0.267. The molecule has 0 bridgehead atoms. The number of nitrogens with zero attached hydrogens (tertiary/aromatic N) is 1. The van der Waals surface area contributed by atoms with Crippen molar-refractivity contribution in [1.82, 2.24) is 4.90 Å². The molecule has 37 heavy (non-hydrogen) atoms. The van der Waals surface area contributed by atoms with Gasteiger partial charge < -0.3 is 24.2 Å². The van der Waals surface area contributed by atoms with Gasteiger partial charge in [0.25, 0.3) is 11.7 Å². The van der Waals surface area contributed by atoms with E-state index in [-0.39, 0.29) is 24.7 Å². The number of carbonyl (C=O) groups is 2. The van der Waals surface area contributed by atoms with E-state index in [1.54, 1.807) is 25.3 Å². The van der Waals surface area contributed by atoms with Crippen LogP contribution in [0.5, 0.6) is 17.2 Å². The molecular weight excluding hydrogens is 470 g/mol. The molecule has 0 saturated carbocycles. The summed E-state index contributed by atoms with van der Waals surface area (Å²) in [7, 11) is 1.58. The van der Waals surface area contributed by atoms with Crippen molar-refractivity contribution in [2.45, 2.75) is 38.3 Å². The molecule has 1 fully saturated rings. The van der Waals surface area contributed by atoms with E-state index >= 15 is 0 Å². The van der Waals surface area contributed by atoms with E-state index in [1.807, 2.05) is 42.5 Å². The molecule has 1 amide bonds. The number of Topliss-reactive ketones (excluding diaryl/α,β-unsaturated/α-hetero) is 1. The lowest BCUT2D eigenvalue weighted by atomic mass is 9.88. The van der Waals surface area contributed by atoms with Gasteiger partial charge in [-0.15, -0.1) is 0 Å². The first kappa shape index (κ1) is 23.2. The van der Waals surface area contributed by atoms with Gasteiger partial charge in [0.1, 0.15) is 11.5 Å².